The molecule has 0 saturated heterocycles. The Morgan fingerprint density at radius 1 is 1.30 bits per heavy atom. The first kappa shape index (κ1) is 13.1. The summed E-state index contributed by atoms with van der Waals surface area (Å²) in [6.45, 7) is 3.98. The minimum atomic E-state index is -3.47. The molecule has 1 aliphatic heterocycles. The number of sulfone groups is 1. The van der Waals surface area contributed by atoms with E-state index in [0.717, 1.165) is 17.4 Å². The molecule has 0 unspecified atom stereocenters. The van der Waals surface area contributed by atoms with Crippen molar-refractivity contribution in [1.29, 1.82) is 0 Å². The van der Waals surface area contributed by atoms with Crippen LogP contribution in [-0.4, -0.2) is 29.4 Å². The quantitative estimate of drug-likeness (QED) is 0.692. The SMILES string of the molecule is C=C1c2ccc(Cl)cc2C=Cn2c1nnc2S(C)(=O)=O. The fourth-order valence-corrected chi connectivity index (χ4v) is 2.97. The average molecular weight is 308 g/mol. The Morgan fingerprint density at radius 2 is 2.05 bits per heavy atom. The monoisotopic (exact) mass is 307 g/mol. The summed E-state index contributed by atoms with van der Waals surface area (Å²) in [5, 5.41) is 8.17. The van der Waals surface area contributed by atoms with Gasteiger partial charge in [-0.15, -0.1) is 10.2 Å². The van der Waals surface area contributed by atoms with Crippen LogP contribution in [0, 0.1) is 0 Å². The summed E-state index contributed by atoms with van der Waals surface area (Å²) in [7, 11) is -3.47. The fourth-order valence-electron chi connectivity index (χ4n) is 2.09. The highest BCUT2D eigenvalue weighted by atomic mass is 35.5. The molecule has 3 rings (SSSR count). The lowest BCUT2D eigenvalue weighted by Crippen LogP contribution is -2.06. The molecular weight excluding hydrogens is 298 g/mol. The first-order valence-electron chi connectivity index (χ1n) is 5.70. The molecule has 0 atom stereocenters. The maximum Gasteiger partial charge on any atom is 0.253 e. The standard InChI is InChI=1S/C13H10ClN3O2S/c1-8-11-4-3-10(14)7-9(11)5-6-17-12(8)15-16-13(17)20(2,18)19/h3-7H,1H2,2H3. The summed E-state index contributed by atoms with van der Waals surface area (Å²) in [5.41, 5.74) is 2.30. The highest BCUT2D eigenvalue weighted by Crippen LogP contribution is 2.31. The van der Waals surface area contributed by atoms with Gasteiger partial charge in [-0.3, -0.25) is 4.57 Å². The number of nitrogens with zero attached hydrogens (tertiary/aromatic N) is 3. The van der Waals surface area contributed by atoms with Crippen molar-refractivity contribution in [3.8, 4) is 0 Å². The molecule has 0 spiro atoms. The number of rotatable bonds is 1. The topological polar surface area (TPSA) is 64.8 Å². The van der Waals surface area contributed by atoms with E-state index in [4.69, 9.17) is 11.6 Å². The molecule has 1 aromatic carbocycles. The van der Waals surface area contributed by atoms with E-state index >= 15 is 0 Å². The van der Waals surface area contributed by atoms with E-state index in [9.17, 15) is 8.42 Å². The van der Waals surface area contributed by atoms with Crippen LogP contribution in [0.2, 0.25) is 5.02 Å². The molecule has 0 N–H and O–H groups in total. The zero-order chi connectivity index (χ0) is 14.5. The van der Waals surface area contributed by atoms with Gasteiger partial charge in [-0.2, -0.15) is 0 Å². The highest BCUT2D eigenvalue weighted by Gasteiger charge is 2.23. The van der Waals surface area contributed by atoms with Crippen LogP contribution >= 0.6 is 11.6 Å². The van der Waals surface area contributed by atoms with Crippen LogP contribution in [0.15, 0.2) is 29.9 Å². The molecule has 0 fully saturated rings. The van der Waals surface area contributed by atoms with Crippen LogP contribution in [0.25, 0.3) is 17.8 Å². The van der Waals surface area contributed by atoms with Crippen molar-refractivity contribution in [2.24, 2.45) is 0 Å². The largest absolute Gasteiger partial charge is 0.273 e. The molecule has 1 aliphatic rings. The summed E-state index contributed by atoms with van der Waals surface area (Å²) in [6.07, 6.45) is 4.47. The zero-order valence-electron chi connectivity index (χ0n) is 10.5. The zero-order valence-corrected chi connectivity index (χ0v) is 12.1. The number of halogens is 1. The molecular formula is C13H10ClN3O2S. The molecule has 5 nitrogen and oxygen atoms in total. The minimum Gasteiger partial charge on any atom is -0.273 e. The second kappa shape index (κ2) is 4.29. The lowest BCUT2D eigenvalue weighted by molar-refractivity contribution is 0.590. The smallest absolute Gasteiger partial charge is 0.253 e. The number of aromatic nitrogens is 3. The Labute approximate surface area is 121 Å². The number of hydrogen-bond donors (Lipinski definition) is 0. The van der Waals surface area contributed by atoms with Gasteiger partial charge in [0.2, 0.25) is 9.84 Å². The van der Waals surface area contributed by atoms with Crippen molar-refractivity contribution >= 4 is 39.3 Å². The van der Waals surface area contributed by atoms with E-state index in [2.05, 4.69) is 16.8 Å². The minimum absolute atomic E-state index is 0.108. The van der Waals surface area contributed by atoms with E-state index in [0.29, 0.717) is 16.4 Å². The van der Waals surface area contributed by atoms with E-state index in [1.165, 1.54) is 4.57 Å². The molecule has 0 radical (unpaired) electrons. The Hall–Kier alpha value is -1.92. The Morgan fingerprint density at radius 3 is 2.75 bits per heavy atom. The van der Waals surface area contributed by atoms with Gasteiger partial charge in [-0.05, 0) is 29.3 Å². The van der Waals surface area contributed by atoms with Gasteiger partial charge in [-0.1, -0.05) is 24.2 Å². The lowest BCUT2D eigenvalue weighted by Gasteiger charge is -2.06. The second-order valence-electron chi connectivity index (χ2n) is 4.47. The van der Waals surface area contributed by atoms with Crippen LogP contribution < -0.4 is 0 Å². The van der Waals surface area contributed by atoms with Crippen molar-refractivity contribution < 1.29 is 8.42 Å². The van der Waals surface area contributed by atoms with Gasteiger partial charge in [0.25, 0.3) is 5.16 Å². The molecule has 0 saturated carbocycles. The van der Waals surface area contributed by atoms with Gasteiger partial charge in [0.05, 0.1) is 0 Å². The van der Waals surface area contributed by atoms with Gasteiger partial charge in [0, 0.05) is 23.1 Å². The van der Waals surface area contributed by atoms with Crippen LogP contribution in [0.5, 0.6) is 0 Å². The summed E-state index contributed by atoms with van der Waals surface area (Å²) in [6, 6.07) is 5.37. The van der Waals surface area contributed by atoms with Crippen molar-refractivity contribution in [3.05, 3.63) is 46.8 Å². The van der Waals surface area contributed by atoms with E-state index in [1.54, 1.807) is 24.4 Å². The van der Waals surface area contributed by atoms with Gasteiger partial charge < -0.3 is 0 Å². The van der Waals surface area contributed by atoms with Crippen molar-refractivity contribution in [2.75, 3.05) is 6.26 Å². The molecule has 0 bridgehead atoms. The van der Waals surface area contributed by atoms with Gasteiger partial charge in [0.1, 0.15) is 0 Å². The lowest BCUT2D eigenvalue weighted by atomic mass is 10.0. The molecule has 7 heteroatoms. The predicted octanol–water partition coefficient (Wildman–Crippen LogP) is 2.34. The van der Waals surface area contributed by atoms with E-state index in [1.807, 2.05) is 6.07 Å². The number of benzene rings is 1. The molecule has 0 aliphatic carbocycles. The Kier molecular flexibility index (Phi) is 2.81. The normalized spacial score (nSPS) is 13.8. The maximum absolute atomic E-state index is 11.7. The first-order valence-corrected chi connectivity index (χ1v) is 7.97. The van der Waals surface area contributed by atoms with Gasteiger partial charge in [0.15, 0.2) is 5.82 Å². The summed E-state index contributed by atoms with van der Waals surface area (Å²) < 4.78 is 24.8. The van der Waals surface area contributed by atoms with E-state index < -0.39 is 9.84 Å². The third-order valence-corrected chi connectivity index (χ3v) is 4.18. The molecule has 20 heavy (non-hydrogen) atoms. The number of hydrogen-bond acceptors (Lipinski definition) is 4. The van der Waals surface area contributed by atoms with Crippen LogP contribution in [0.3, 0.4) is 0 Å². The molecule has 0 amide bonds. The van der Waals surface area contributed by atoms with Crippen LogP contribution in [-0.2, 0) is 9.84 Å². The van der Waals surface area contributed by atoms with Gasteiger partial charge >= 0.3 is 0 Å². The third kappa shape index (κ3) is 1.97. The highest BCUT2D eigenvalue weighted by molar-refractivity contribution is 7.90. The van der Waals surface area contributed by atoms with Crippen LogP contribution in [0.1, 0.15) is 17.0 Å². The first-order chi connectivity index (χ1) is 9.38. The summed E-state index contributed by atoms with van der Waals surface area (Å²) in [4.78, 5) is 0. The maximum atomic E-state index is 11.7. The predicted molar refractivity (Wildman–Crippen MR) is 77.9 cm³/mol. The fraction of sp³-hybridized carbons (Fsp3) is 0.0769. The average Bonchev–Trinajstić information content (AvgIpc) is 2.74. The van der Waals surface area contributed by atoms with Crippen molar-refractivity contribution in [1.82, 2.24) is 14.8 Å². The number of fused-ring (bicyclic) bond motifs is 2. The van der Waals surface area contributed by atoms with Gasteiger partial charge in [-0.25, -0.2) is 8.42 Å². The van der Waals surface area contributed by atoms with Crippen molar-refractivity contribution in [3.63, 3.8) is 0 Å². The molecule has 2 aromatic rings. The Bertz CT molecular complexity index is 866. The van der Waals surface area contributed by atoms with E-state index in [-0.39, 0.29) is 5.16 Å². The van der Waals surface area contributed by atoms with Crippen LogP contribution in [0.4, 0.5) is 0 Å². The summed E-state index contributed by atoms with van der Waals surface area (Å²) in [5.74, 6) is 0.405. The molecule has 2 heterocycles. The third-order valence-electron chi connectivity index (χ3n) is 3.01. The molecule has 1 aromatic heterocycles. The second-order valence-corrected chi connectivity index (χ2v) is 6.82. The molecule has 102 valence electrons. The van der Waals surface area contributed by atoms with Crippen molar-refractivity contribution in [2.45, 2.75) is 5.16 Å². The summed E-state index contributed by atoms with van der Waals surface area (Å²) >= 11 is 5.97. The Balaban J connectivity index is 2.29.